The molecule has 0 amide bonds. The Morgan fingerprint density at radius 3 is 2.52 bits per heavy atom. The maximum atomic E-state index is 13.2. The van der Waals surface area contributed by atoms with Crippen LogP contribution >= 0.6 is 0 Å². The van der Waals surface area contributed by atoms with Crippen LogP contribution < -0.4 is 0 Å². The maximum absolute atomic E-state index is 13.2. The zero-order valence-electron chi connectivity index (χ0n) is 12.2. The van der Waals surface area contributed by atoms with Gasteiger partial charge < -0.3 is 24.3 Å². The molecule has 1 aromatic heterocycles. The van der Waals surface area contributed by atoms with E-state index in [0.717, 1.165) is 24.6 Å². The number of ether oxygens (including phenoxy) is 3. The molecule has 0 N–H and O–H groups in total. The number of imidazole rings is 1. The normalized spacial score (nSPS) is 26.7. The fraction of sp³-hybridized carbons (Fsp3) is 0.583. The van der Waals surface area contributed by atoms with Gasteiger partial charge in [0, 0.05) is 13.8 Å². The number of carbonyl (C=O) groups excluding carboxylic acids is 2. The summed E-state index contributed by atoms with van der Waals surface area (Å²) in [5.74, 6) is -2.04. The van der Waals surface area contributed by atoms with Crippen molar-refractivity contribution in [1.82, 2.24) is 9.55 Å². The van der Waals surface area contributed by atoms with Crippen LogP contribution in [-0.4, -0.2) is 51.4 Å². The summed E-state index contributed by atoms with van der Waals surface area (Å²) in [4.78, 5) is 36.2. The van der Waals surface area contributed by atoms with Crippen molar-refractivity contribution in [1.29, 1.82) is 0 Å². The molecule has 2 heterocycles. The molecule has 1 saturated heterocycles. The van der Waals surface area contributed by atoms with Crippen LogP contribution in [0.15, 0.2) is 12.4 Å². The SMILES string of the molecule is CC(=O)O[C@H]1[C@H](OC(C)=O)[C@@H](CF)O[C@H]1n1ccnc1[N+](=O)[O-]. The summed E-state index contributed by atoms with van der Waals surface area (Å²) in [6.07, 6.45) is -2.57. The first kappa shape index (κ1) is 16.8. The first-order valence-electron chi connectivity index (χ1n) is 6.58. The fourth-order valence-electron chi connectivity index (χ4n) is 2.35. The van der Waals surface area contributed by atoms with Crippen LogP contribution in [0.2, 0.25) is 0 Å². The number of nitrogens with zero attached hydrogens (tertiary/aromatic N) is 3. The van der Waals surface area contributed by atoms with E-state index in [1.807, 2.05) is 0 Å². The van der Waals surface area contributed by atoms with E-state index in [0.29, 0.717) is 0 Å². The van der Waals surface area contributed by atoms with Crippen LogP contribution in [0.1, 0.15) is 20.1 Å². The van der Waals surface area contributed by atoms with Crippen molar-refractivity contribution < 1.29 is 33.1 Å². The Balaban J connectivity index is 2.39. The number of nitro groups is 1. The first-order chi connectivity index (χ1) is 10.8. The summed E-state index contributed by atoms with van der Waals surface area (Å²) < 4.78 is 29.5. The van der Waals surface area contributed by atoms with Crippen molar-refractivity contribution in [2.45, 2.75) is 38.4 Å². The smallest absolute Gasteiger partial charge is 0.436 e. The quantitative estimate of drug-likeness (QED) is 0.435. The van der Waals surface area contributed by atoms with Gasteiger partial charge >= 0.3 is 17.9 Å². The molecule has 0 radical (unpaired) electrons. The van der Waals surface area contributed by atoms with Crippen molar-refractivity contribution in [2.75, 3.05) is 6.67 Å². The van der Waals surface area contributed by atoms with Crippen LogP contribution in [-0.2, 0) is 23.8 Å². The lowest BCUT2D eigenvalue weighted by atomic mass is 10.1. The molecule has 10 nitrogen and oxygen atoms in total. The summed E-state index contributed by atoms with van der Waals surface area (Å²) in [5, 5.41) is 11.0. The molecule has 1 aliphatic heterocycles. The number of aromatic nitrogens is 2. The molecule has 2 rings (SSSR count). The van der Waals surface area contributed by atoms with E-state index in [4.69, 9.17) is 14.2 Å². The number of halogens is 1. The Bertz CT molecular complexity index is 620. The highest BCUT2D eigenvalue weighted by molar-refractivity contribution is 5.67. The largest absolute Gasteiger partial charge is 0.455 e. The van der Waals surface area contributed by atoms with E-state index in [2.05, 4.69) is 4.98 Å². The van der Waals surface area contributed by atoms with Gasteiger partial charge in [0.25, 0.3) is 0 Å². The number of hydrogen-bond donors (Lipinski definition) is 0. The van der Waals surface area contributed by atoms with Crippen LogP contribution in [0, 0.1) is 10.1 Å². The summed E-state index contributed by atoms with van der Waals surface area (Å²) in [6, 6.07) is 0. The molecule has 0 unspecified atom stereocenters. The second-order valence-electron chi connectivity index (χ2n) is 4.76. The fourth-order valence-corrected chi connectivity index (χ4v) is 2.35. The minimum Gasteiger partial charge on any atom is -0.455 e. The first-order valence-corrected chi connectivity index (χ1v) is 6.58. The van der Waals surface area contributed by atoms with Crippen molar-refractivity contribution in [3.05, 3.63) is 22.5 Å². The van der Waals surface area contributed by atoms with E-state index >= 15 is 0 Å². The summed E-state index contributed by atoms with van der Waals surface area (Å²) in [5.41, 5.74) is 0. The highest BCUT2D eigenvalue weighted by Crippen LogP contribution is 2.36. The molecule has 0 saturated carbocycles. The second kappa shape index (κ2) is 6.69. The summed E-state index contributed by atoms with van der Waals surface area (Å²) in [7, 11) is 0. The average molecular weight is 331 g/mol. The molecule has 1 aromatic rings. The maximum Gasteiger partial charge on any atom is 0.436 e. The predicted molar refractivity (Wildman–Crippen MR) is 69.9 cm³/mol. The highest BCUT2D eigenvalue weighted by Gasteiger charge is 2.52. The monoisotopic (exact) mass is 331 g/mol. The van der Waals surface area contributed by atoms with Crippen molar-refractivity contribution in [2.24, 2.45) is 0 Å². The number of esters is 2. The number of carbonyl (C=O) groups is 2. The van der Waals surface area contributed by atoms with Crippen LogP contribution in [0.3, 0.4) is 0 Å². The Labute approximate surface area is 129 Å². The Morgan fingerprint density at radius 1 is 1.39 bits per heavy atom. The van der Waals surface area contributed by atoms with Gasteiger partial charge in [0.1, 0.15) is 25.2 Å². The summed E-state index contributed by atoms with van der Waals surface area (Å²) >= 11 is 0. The van der Waals surface area contributed by atoms with E-state index < -0.39 is 54.0 Å². The van der Waals surface area contributed by atoms with Crippen LogP contribution in [0.25, 0.3) is 0 Å². The van der Waals surface area contributed by atoms with E-state index in [1.165, 1.54) is 6.20 Å². The lowest BCUT2D eigenvalue weighted by Crippen LogP contribution is -2.39. The molecule has 0 aliphatic carbocycles. The molecule has 4 atom stereocenters. The van der Waals surface area contributed by atoms with Gasteiger partial charge in [-0.2, -0.15) is 4.57 Å². The minimum absolute atomic E-state index is 0.576. The molecule has 23 heavy (non-hydrogen) atoms. The molecule has 0 aromatic carbocycles. The van der Waals surface area contributed by atoms with E-state index in [1.54, 1.807) is 0 Å². The van der Waals surface area contributed by atoms with Crippen molar-refractivity contribution in [3.8, 4) is 0 Å². The zero-order chi connectivity index (χ0) is 17.1. The number of alkyl halides is 1. The Kier molecular flexibility index (Phi) is 4.89. The number of rotatable bonds is 5. The van der Waals surface area contributed by atoms with Gasteiger partial charge in [-0.1, -0.05) is 4.98 Å². The molecule has 11 heteroatoms. The molecule has 1 fully saturated rings. The van der Waals surface area contributed by atoms with Gasteiger partial charge in [0.2, 0.25) is 6.23 Å². The third-order valence-electron chi connectivity index (χ3n) is 3.13. The molecule has 1 aliphatic rings. The third kappa shape index (κ3) is 3.44. The third-order valence-corrected chi connectivity index (χ3v) is 3.13. The van der Waals surface area contributed by atoms with E-state index in [9.17, 15) is 24.1 Å². The lowest BCUT2D eigenvalue weighted by molar-refractivity contribution is -0.398. The van der Waals surface area contributed by atoms with Gasteiger partial charge in [0.15, 0.2) is 12.2 Å². The zero-order valence-corrected chi connectivity index (χ0v) is 12.2. The van der Waals surface area contributed by atoms with Crippen LogP contribution in [0.5, 0.6) is 0 Å². The standard InChI is InChI=1S/C12H14FN3O7/c1-6(17)21-9-8(5-13)23-11(10(9)22-7(2)18)15-4-3-14-12(15)16(19)20/h3-4,8-11H,5H2,1-2H3/t8-,9-,10+,11-/m1/s1. The van der Waals surface area contributed by atoms with Gasteiger partial charge in [-0.25, -0.2) is 4.39 Å². The second-order valence-corrected chi connectivity index (χ2v) is 4.76. The molecule has 126 valence electrons. The predicted octanol–water partition coefficient (Wildman–Crippen LogP) is 0.522. The minimum atomic E-state index is -1.25. The van der Waals surface area contributed by atoms with Crippen molar-refractivity contribution in [3.63, 3.8) is 0 Å². The van der Waals surface area contributed by atoms with Gasteiger partial charge in [0.05, 0.1) is 0 Å². The number of hydrogen-bond acceptors (Lipinski definition) is 8. The molecule has 0 spiro atoms. The molecular formula is C12H14FN3O7. The summed E-state index contributed by atoms with van der Waals surface area (Å²) in [6.45, 7) is 1.18. The Morgan fingerprint density at radius 2 is 2.00 bits per heavy atom. The van der Waals surface area contributed by atoms with E-state index in [-0.39, 0.29) is 0 Å². The Hall–Kier alpha value is -2.56. The van der Waals surface area contributed by atoms with Gasteiger partial charge in [-0.15, -0.1) is 0 Å². The van der Waals surface area contributed by atoms with Crippen molar-refractivity contribution >= 4 is 17.9 Å². The van der Waals surface area contributed by atoms with Crippen LogP contribution in [0.4, 0.5) is 10.3 Å². The lowest BCUT2D eigenvalue weighted by Gasteiger charge is -2.22. The molecule has 0 bridgehead atoms. The molecular weight excluding hydrogens is 317 g/mol. The topological polar surface area (TPSA) is 123 Å². The highest BCUT2D eigenvalue weighted by atomic mass is 19.1. The van der Waals surface area contributed by atoms with Gasteiger partial charge in [-0.3, -0.25) is 9.59 Å². The average Bonchev–Trinajstić information content (AvgIpc) is 3.04. The van der Waals surface area contributed by atoms with Gasteiger partial charge in [-0.05, 0) is 4.92 Å².